The lowest BCUT2D eigenvalue weighted by molar-refractivity contribution is 0.102. The van der Waals surface area contributed by atoms with E-state index in [4.69, 9.17) is 4.42 Å². The van der Waals surface area contributed by atoms with Crippen molar-refractivity contribution in [2.75, 3.05) is 17.3 Å². The van der Waals surface area contributed by atoms with E-state index in [1.807, 2.05) is 24.5 Å². The Hall–Kier alpha value is -1.61. The molecule has 0 amide bonds. The van der Waals surface area contributed by atoms with Crippen LogP contribution in [-0.2, 0) is 9.84 Å². The van der Waals surface area contributed by atoms with Crippen LogP contribution < -0.4 is 0 Å². The number of ketones is 1. The Bertz CT molecular complexity index is 883. The fourth-order valence-electron chi connectivity index (χ4n) is 3.14. The molecular weight excluding hydrogens is 350 g/mol. The molecule has 3 heterocycles. The summed E-state index contributed by atoms with van der Waals surface area (Å²) in [5.74, 6) is 0.994. The number of aromatic nitrogens is 3. The molecule has 1 saturated heterocycles. The van der Waals surface area contributed by atoms with Crippen molar-refractivity contribution >= 4 is 27.4 Å². The van der Waals surface area contributed by atoms with Crippen LogP contribution in [0.25, 0.3) is 0 Å². The molecule has 0 N–H and O–H groups in total. The van der Waals surface area contributed by atoms with Crippen molar-refractivity contribution in [3.63, 3.8) is 0 Å². The van der Waals surface area contributed by atoms with Gasteiger partial charge in [0.15, 0.2) is 15.6 Å². The summed E-state index contributed by atoms with van der Waals surface area (Å²) < 4.78 is 30.7. The molecule has 2 aromatic heterocycles. The number of carbonyl (C=O) groups is 1. The van der Waals surface area contributed by atoms with Crippen molar-refractivity contribution in [1.82, 2.24) is 14.8 Å². The van der Waals surface area contributed by atoms with Crippen molar-refractivity contribution in [1.29, 1.82) is 0 Å². The van der Waals surface area contributed by atoms with Gasteiger partial charge in [0.05, 0.1) is 17.3 Å². The Morgan fingerprint density at radius 1 is 1.38 bits per heavy atom. The molecule has 1 atom stereocenters. The van der Waals surface area contributed by atoms with Gasteiger partial charge in [0.25, 0.3) is 5.22 Å². The van der Waals surface area contributed by atoms with Crippen LogP contribution in [0.15, 0.2) is 15.7 Å². The number of sulfone groups is 1. The average Bonchev–Trinajstić information content (AvgIpc) is 3.15. The second-order valence-corrected chi connectivity index (χ2v) is 9.17. The maximum Gasteiger partial charge on any atom is 0.277 e. The summed E-state index contributed by atoms with van der Waals surface area (Å²) in [5, 5.41) is 7.96. The van der Waals surface area contributed by atoms with E-state index in [0.717, 1.165) is 11.4 Å². The van der Waals surface area contributed by atoms with Crippen LogP contribution in [-0.4, -0.2) is 46.2 Å². The molecular formula is C15H19N3O4S2. The summed E-state index contributed by atoms with van der Waals surface area (Å²) in [6, 6.07) is 1.75. The fourth-order valence-corrected chi connectivity index (χ4v) is 5.53. The fraction of sp³-hybridized carbons (Fsp3) is 0.533. The van der Waals surface area contributed by atoms with Gasteiger partial charge in [-0.15, -0.1) is 10.2 Å². The van der Waals surface area contributed by atoms with Crippen LogP contribution in [0.5, 0.6) is 0 Å². The van der Waals surface area contributed by atoms with Crippen LogP contribution in [0.3, 0.4) is 0 Å². The second-order valence-electron chi connectivity index (χ2n) is 6.01. The largest absolute Gasteiger partial charge is 0.416 e. The van der Waals surface area contributed by atoms with Gasteiger partial charge in [-0.25, -0.2) is 8.42 Å². The predicted octanol–water partition coefficient (Wildman–Crippen LogP) is 2.13. The molecule has 0 radical (unpaired) electrons. The summed E-state index contributed by atoms with van der Waals surface area (Å²) in [6.45, 7) is 5.47. The third-order valence-corrected chi connectivity index (χ3v) is 6.76. The first-order valence-corrected chi connectivity index (χ1v) is 10.4. The minimum atomic E-state index is -2.97. The average molecular weight is 369 g/mol. The minimum absolute atomic E-state index is 0.0314. The van der Waals surface area contributed by atoms with Gasteiger partial charge in [0, 0.05) is 29.9 Å². The maximum atomic E-state index is 12.5. The first kappa shape index (κ1) is 17.2. The highest BCUT2D eigenvalue weighted by molar-refractivity contribution is 7.99. The number of nitrogens with zero attached hydrogens (tertiary/aromatic N) is 3. The Morgan fingerprint density at radius 3 is 2.71 bits per heavy atom. The van der Waals surface area contributed by atoms with Crippen LogP contribution in [0.1, 0.15) is 40.1 Å². The van der Waals surface area contributed by atoms with Crippen LogP contribution in [0, 0.1) is 20.8 Å². The first-order chi connectivity index (χ1) is 11.3. The molecule has 0 spiro atoms. The highest BCUT2D eigenvalue weighted by atomic mass is 32.2. The van der Waals surface area contributed by atoms with E-state index in [2.05, 4.69) is 10.2 Å². The summed E-state index contributed by atoms with van der Waals surface area (Å²) in [7, 11) is -2.97. The quantitative estimate of drug-likeness (QED) is 0.588. The third kappa shape index (κ3) is 3.41. The van der Waals surface area contributed by atoms with E-state index in [9.17, 15) is 13.2 Å². The van der Waals surface area contributed by atoms with Crippen molar-refractivity contribution in [2.45, 2.75) is 38.5 Å². The van der Waals surface area contributed by atoms with E-state index in [1.165, 1.54) is 11.8 Å². The topological polar surface area (TPSA) is 95.1 Å². The standard InChI is InChI=1S/C15H19N3O4S2/c1-9-6-13(14(19)7-23-15-17-16-11(3)22-15)10(2)18(9)12-4-5-24(20,21)8-12/h6,12H,4-5,7-8H2,1-3H3/t12-/m1/s1. The van der Waals surface area contributed by atoms with Crippen LogP contribution in [0.2, 0.25) is 0 Å². The molecule has 9 heteroatoms. The highest BCUT2D eigenvalue weighted by Gasteiger charge is 2.31. The Balaban J connectivity index is 1.77. The van der Waals surface area contributed by atoms with E-state index < -0.39 is 9.84 Å². The number of thioether (sulfide) groups is 1. The normalized spacial score (nSPS) is 19.7. The number of carbonyl (C=O) groups excluding carboxylic acids is 1. The molecule has 1 aliphatic heterocycles. The van der Waals surface area contributed by atoms with Crippen molar-refractivity contribution in [2.24, 2.45) is 0 Å². The zero-order valence-corrected chi connectivity index (χ0v) is 15.4. The monoisotopic (exact) mass is 369 g/mol. The molecule has 1 aliphatic rings. The zero-order chi connectivity index (χ0) is 17.5. The lowest BCUT2D eigenvalue weighted by Gasteiger charge is -2.16. The molecule has 24 heavy (non-hydrogen) atoms. The molecule has 0 aliphatic carbocycles. The number of rotatable bonds is 5. The Kier molecular flexibility index (Phi) is 4.56. The van der Waals surface area contributed by atoms with Gasteiger partial charge in [-0.1, -0.05) is 11.8 Å². The van der Waals surface area contributed by atoms with Gasteiger partial charge in [0.2, 0.25) is 5.89 Å². The highest BCUT2D eigenvalue weighted by Crippen LogP contribution is 2.30. The van der Waals surface area contributed by atoms with E-state index >= 15 is 0 Å². The van der Waals surface area contributed by atoms with E-state index in [-0.39, 0.29) is 29.1 Å². The molecule has 0 unspecified atom stereocenters. The first-order valence-electron chi connectivity index (χ1n) is 7.62. The molecule has 0 aromatic carbocycles. The van der Waals surface area contributed by atoms with E-state index in [0.29, 0.717) is 23.1 Å². The number of aryl methyl sites for hydroxylation is 2. The van der Waals surface area contributed by atoms with Crippen LogP contribution >= 0.6 is 11.8 Å². The zero-order valence-electron chi connectivity index (χ0n) is 13.8. The van der Waals surface area contributed by atoms with Crippen LogP contribution in [0.4, 0.5) is 0 Å². The second kappa shape index (κ2) is 6.36. The summed E-state index contributed by atoms with van der Waals surface area (Å²) in [6.07, 6.45) is 0.600. The molecule has 3 rings (SSSR count). The van der Waals surface area contributed by atoms with E-state index in [1.54, 1.807) is 6.92 Å². The molecule has 0 saturated carbocycles. The van der Waals surface area contributed by atoms with Crippen molar-refractivity contribution in [3.8, 4) is 0 Å². The molecule has 130 valence electrons. The smallest absolute Gasteiger partial charge is 0.277 e. The molecule has 1 fully saturated rings. The van der Waals surface area contributed by atoms with Crippen molar-refractivity contribution < 1.29 is 17.6 Å². The lowest BCUT2D eigenvalue weighted by Crippen LogP contribution is -2.14. The summed E-state index contributed by atoms with van der Waals surface area (Å²) in [4.78, 5) is 12.5. The maximum absolute atomic E-state index is 12.5. The number of hydrogen-bond donors (Lipinski definition) is 0. The van der Waals surface area contributed by atoms with Gasteiger partial charge in [0.1, 0.15) is 0 Å². The lowest BCUT2D eigenvalue weighted by atomic mass is 10.2. The van der Waals surface area contributed by atoms with Gasteiger partial charge in [-0.05, 0) is 26.3 Å². The third-order valence-electron chi connectivity index (χ3n) is 4.19. The molecule has 2 aromatic rings. The number of Topliss-reactive ketones (excluding diaryl/α,β-unsaturated/α-hetero) is 1. The predicted molar refractivity (Wildman–Crippen MR) is 90.3 cm³/mol. The Labute approximate surface area is 144 Å². The van der Waals surface area contributed by atoms with Gasteiger partial charge >= 0.3 is 0 Å². The SMILES string of the molecule is Cc1nnc(SCC(=O)c2cc(C)n([C@@H]3CCS(=O)(=O)C3)c2C)o1. The summed E-state index contributed by atoms with van der Waals surface area (Å²) in [5.41, 5.74) is 2.36. The Morgan fingerprint density at radius 2 is 2.12 bits per heavy atom. The molecule has 0 bridgehead atoms. The number of hydrogen-bond acceptors (Lipinski definition) is 7. The van der Waals surface area contributed by atoms with Gasteiger partial charge < -0.3 is 8.98 Å². The van der Waals surface area contributed by atoms with Gasteiger partial charge in [-0.3, -0.25) is 4.79 Å². The molecule has 7 nitrogen and oxygen atoms in total. The summed E-state index contributed by atoms with van der Waals surface area (Å²) >= 11 is 1.21. The van der Waals surface area contributed by atoms with Crippen molar-refractivity contribution in [3.05, 3.63) is 28.9 Å². The van der Waals surface area contributed by atoms with Gasteiger partial charge in [-0.2, -0.15) is 0 Å². The minimum Gasteiger partial charge on any atom is -0.416 e.